The normalized spacial score (nSPS) is 18.3. The molecule has 19 heavy (non-hydrogen) atoms. The number of anilines is 1. The lowest BCUT2D eigenvalue weighted by molar-refractivity contribution is -0.150. The molecule has 6 nitrogen and oxygen atoms in total. The number of carboxylic acids is 1. The van der Waals surface area contributed by atoms with Crippen LogP contribution >= 0.6 is 0 Å². The summed E-state index contributed by atoms with van der Waals surface area (Å²) >= 11 is 0. The highest BCUT2D eigenvalue weighted by Crippen LogP contribution is 2.36. The highest BCUT2D eigenvalue weighted by Gasteiger charge is 2.41. The summed E-state index contributed by atoms with van der Waals surface area (Å²) in [6.07, 6.45) is 5.71. The molecule has 0 bridgehead atoms. The Labute approximate surface area is 111 Å². The minimum Gasteiger partial charge on any atom is -0.481 e. The van der Waals surface area contributed by atoms with Gasteiger partial charge in [0.2, 0.25) is 0 Å². The zero-order valence-corrected chi connectivity index (χ0v) is 11.1. The number of piperidine rings is 1. The van der Waals surface area contributed by atoms with Crippen molar-refractivity contribution in [1.29, 1.82) is 0 Å². The van der Waals surface area contributed by atoms with Crippen LogP contribution in [0.25, 0.3) is 0 Å². The number of hydrogen-bond acceptors (Lipinski definition) is 4. The second-order valence-corrected chi connectivity index (χ2v) is 5.06. The average Bonchev–Trinajstić information content (AvgIpc) is 2.40. The van der Waals surface area contributed by atoms with Crippen LogP contribution in [0.2, 0.25) is 0 Å². The van der Waals surface area contributed by atoms with E-state index in [0.29, 0.717) is 38.2 Å². The van der Waals surface area contributed by atoms with Crippen LogP contribution in [0.5, 0.6) is 0 Å². The topological polar surface area (TPSA) is 86.3 Å². The predicted octanol–water partition coefficient (Wildman–Crippen LogP) is 1.24. The van der Waals surface area contributed by atoms with E-state index < -0.39 is 11.4 Å². The van der Waals surface area contributed by atoms with Crippen molar-refractivity contribution in [3.8, 4) is 0 Å². The van der Waals surface area contributed by atoms with Gasteiger partial charge in [-0.3, -0.25) is 9.59 Å². The van der Waals surface area contributed by atoms with Gasteiger partial charge in [0, 0.05) is 25.5 Å². The van der Waals surface area contributed by atoms with E-state index in [4.69, 9.17) is 0 Å². The Hall–Kier alpha value is -1.85. The first-order chi connectivity index (χ1) is 9.09. The Morgan fingerprint density at radius 2 is 2.21 bits per heavy atom. The molecule has 0 unspecified atom stereocenters. The molecule has 6 heteroatoms. The molecular formula is C13H19N3O3. The van der Waals surface area contributed by atoms with Crippen molar-refractivity contribution in [3.63, 3.8) is 0 Å². The molecule has 2 heterocycles. The van der Waals surface area contributed by atoms with Crippen molar-refractivity contribution in [3.05, 3.63) is 22.7 Å². The van der Waals surface area contributed by atoms with Crippen molar-refractivity contribution in [2.75, 3.05) is 18.0 Å². The first-order valence-electron chi connectivity index (χ1n) is 6.61. The lowest BCUT2D eigenvalue weighted by Crippen LogP contribution is -2.46. The summed E-state index contributed by atoms with van der Waals surface area (Å²) in [4.78, 5) is 31.7. The third-order valence-electron chi connectivity index (χ3n) is 3.89. The van der Waals surface area contributed by atoms with Gasteiger partial charge in [0.05, 0.1) is 5.41 Å². The van der Waals surface area contributed by atoms with E-state index in [1.807, 2.05) is 11.8 Å². The van der Waals surface area contributed by atoms with Crippen molar-refractivity contribution < 1.29 is 9.90 Å². The first-order valence-corrected chi connectivity index (χ1v) is 6.61. The quantitative estimate of drug-likeness (QED) is 0.855. The van der Waals surface area contributed by atoms with E-state index in [-0.39, 0.29) is 5.56 Å². The Morgan fingerprint density at radius 1 is 1.53 bits per heavy atom. The fourth-order valence-electron chi connectivity index (χ4n) is 2.77. The number of rotatable bonds is 4. The van der Waals surface area contributed by atoms with Crippen LogP contribution in [0.1, 0.15) is 32.6 Å². The third kappa shape index (κ3) is 2.62. The summed E-state index contributed by atoms with van der Waals surface area (Å²) in [5.74, 6) is -0.332. The number of aromatic nitrogens is 2. The summed E-state index contributed by atoms with van der Waals surface area (Å²) in [6.45, 7) is 3.12. The summed E-state index contributed by atoms with van der Waals surface area (Å²) in [5.41, 5.74) is -0.854. The van der Waals surface area contributed by atoms with Gasteiger partial charge in [-0.25, -0.2) is 4.98 Å². The van der Waals surface area contributed by atoms with E-state index in [1.165, 1.54) is 6.20 Å². The summed E-state index contributed by atoms with van der Waals surface area (Å²) < 4.78 is 0. The Bertz CT molecular complexity index is 504. The zero-order valence-electron chi connectivity index (χ0n) is 11.1. The summed E-state index contributed by atoms with van der Waals surface area (Å²) in [7, 11) is 0. The summed E-state index contributed by atoms with van der Waals surface area (Å²) in [5, 5.41) is 9.43. The molecule has 2 N–H and O–H groups in total. The van der Waals surface area contributed by atoms with Crippen LogP contribution in [0.15, 0.2) is 17.2 Å². The maximum atomic E-state index is 11.7. The van der Waals surface area contributed by atoms with Crippen LogP contribution in [0, 0.1) is 5.41 Å². The van der Waals surface area contributed by atoms with E-state index in [9.17, 15) is 14.7 Å². The largest absolute Gasteiger partial charge is 0.481 e. The van der Waals surface area contributed by atoms with Gasteiger partial charge in [0.25, 0.3) is 5.56 Å². The SMILES string of the molecule is CCCC1(C(=O)O)CCN(c2ncc[nH]c2=O)CC1. The van der Waals surface area contributed by atoms with Gasteiger partial charge in [-0.05, 0) is 19.3 Å². The number of nitrogens with one attached hydrogen (secondary N) is 1. The fraction of sp³-hybridized carbons (Fsp3) is 0.615. The third-order valence-corrected chi connectivity index (χ3v) is 3.89. The molecule has 0 amide bonds. The average molecular weight is 265 g/mol. The molecule has 0 radical (unpaired) electrons. The van der Waals surface area contributed by atoms with Crippen LogP contribution in [0.4, 0.5) is 5.82 Å². The number of hydrogen-bond donors (Lipinski definition) is 2. The van der Waals surface area contributed by atoms with Crippen LogP contribution in [-0.4, -0.2) is 34.1 Å². The molecule has 2 rings (SSSR count). The van der Waals surface area contributed by atoms with Gasteiger partial charge in [0.15, 0.2) is 5.82 Å². The fourth-order valence-corrected chi connectivity index (χ4v) is 2.77. The Balaban J connectivity index is 2.12. The zero-order chi connectivity index (χ0) is 13.9. The molecule has 0 saturated carbocycles. The molecule has 1 aromatic rings. The minimum absolute atomic E-state index is 0.221. The van der Waals surface area contributed by atoms with Crippen molar-refractivity contribution >= 4 is 11.8 Å². The minimum atomic E-state index is -0.719. The lowest BCUT2D eigenvalue weighted by Gasteiger charge is -2.38. The Kier molecular flexibility index (Phi) is 3.87. The van der Waals surface area contributed by atoms with Crippen LogP contribution in [0.3, 0.4) is 0 Å². The highest BCUT2D eigenvalue weighted by atomic mass is 16.4. The molecular weight excluding hydrogens is 246 g/mol. The molecule has 1 aliphatic heterocycles. The number of aromatic amines is 1. The number of carboxylic acid groups (broad SMARTS) is 1. The molecule has 1 aliphatic rings. The number of aliphatic carboxylic acids is 1. The first kappa shape index (κ1) is 13.6. The molecule has 0 spiro atoms. The molecule has 0 aromatic carbocycles. The molecule has 1 fully saturated rings. The Morgan fingerprint density at radius 3 is 2.74 bits per heavy atom. The van der Waals surface area contributed by atoms with Gasteiger partial charge in [0.1, 0.15) is 0 Å². The van der Waals surface area contributed by atoms with Crippen molar-refractivity contribution in [2.45, 2.75) is 32.6 Å². The highest BCUT2D eigenvalue weighted by molar-refractivity contribution is 5.75. The number of nitrogens with zero attached hydrogens (tertiary/aromatic N) is 2. The smallest absolute Gasteiger partial charge is 0.309 e. The van der Waals surface area contributed by atoms with E-state index in [0.717, 1.165) is 6.42 Å². The van der Waals surface area contributed by atoms with E-state index >= 15 is 0 Å². The molecule has 104 valence electrons. The number of H-pyrrole nitrogens is 1. The molecule has 0 aliphatic carbocycles. The molecule has 0 atom stereocenters. The second-order valence-electron chi connectivity index (χ2n) is 5.06. The molecule has 1 aromatic heterocycles. The maximum absolute atomic E-state index is 11.7. The standard InChI is InChI=1S/C13H19N3O3/c1-2-3-13(12(18)19)4-8-16(9-5-13)10-11(17)15-7-6-14-10/h6-7H,2-5,8-9H2,1H3,(H,15,17)(H,18,19). The van der Waals surface area contributed by atoms with Gasteiger partial charge >= 0.3 is 5.97 Å². The number of carbonyl (C=O) groups is 1. The van der Waals surface area contributed by atoms with Crippen molar-refractivity contribution in [2.24, 2.45) is 5.41 Å². The monoisotopic (exact) mass is 265 g/mol. The van der Waals surface area contributed by atoms with Crippen molar-refractivity contribution in [1.82, 2.24) is 9.97 Å². The van der Waals surface area contributed by atoms with Gasteiger partial charge < -0.3 is 15.0 Å². The van der Waals surface area contributed by atoms with Crippen LogP contribution < -0.4 is 10.5 Å². The molecule has 1 saturated heterocycles. The summed E-state index contributed by atoms with van der Waals surface area (Å²) in [6, 6.07) is 0. The maximum Gasteiger partial charge on any atom is 0.309 e. The van der Waals surface area contributed by atoms with Gasteiger partial charge in [-0.2, -0.15) is 0 Å². The van der Waals surface area contributed by atoms with Gasteiger partial charge in [-0.15, -0.1) is 0 Å². The van der Waals surface area contributed by atoms with E-state index in [1.54, 1.807) is 6.20 Å². The van der Waals surface area contributed by atoms with Gasteiger partial charge in [-0.1, -0.05) is 13.3 Å². The predicted molar refractivity (Wildman–Crippen MR) is 71.3 cm³/mol. The second kappa shape index (κ2) is 5.42. The van der Waals surface area contributed by atoms with E-state index in [2.05, 4.69) is 9.97 Å². The van der Waals surface area contributed by atoms with Crippen LogP contribution in [-0.2, 0) is 4.79 Å². The lowest BCUT2D eigenvalue weighted by atomic mass is 9.75.